The molecule has 110 valence electrons. The van der Waals surface area contributed by atoms with Crippen molar-refractivity contribution in [3.05, 3.63) is 54.1 Å². The van der Waals surface area contributed by atoms with Crippen molar-refractivity contribution >= 4 is 11.7 Å². The molecule has 1 N–H and O–H groups in total. The summed E-state index contributed by atoms with van der Waals surface area (Å²) in [5.74, 6) is -0.283. The molecule has 0 aliphatic heterocycles. The predicted octanol–water partition coefficient (Wildman–Crippen LogP) is 3.75. The third kappa shape index (κ3) is 3.85. The van der Waals surface area contributed by atoms with Gasteiger partial charge in [-0.15, -0.1) is 0 Å². The zero-order valence-corrected chi connectivity index (χ0v) is 12.7. The van der Waals surface area contributed by atoms with E-state index in [9.17, 15) is 4.79 Å². The molecule has 2 aromatic carbocycles. The van der Waals surface area contributed by atoms with E-state index < -0.39 is 0 Å². The van der Waals surface area contributed by atoms with Gasteiger partial charge in [-0.1, -0.05) is 43.3 Å². The van der Waals surface area contributed by atoms with Crippen LogP contribution in [0.3, 0.4) is 0 Å². The molecule has 2 rings (SSSR count). The van der Waals surface area contributed by atoms with E-state index >= 15 is 0 Å². The Labute approximate surface area is 126 Å². The Balaban J connectivity index is 2.13. The molecular weight excluding hydrogens is 262 g/mol. The zero-order chi connectivity index (χ0) is 15.2. The van der Waals surface area contributed by atoms with Crippen molar-refractivity contribution in [2.45, 2.75) is 13.3 Å². The van der Waals surface area contributed by atoms with Crippen LogP contribution in [0.25, 0.3) is 11.1 Å². The second-order valence-corrected chi connectivity index (χ2v) is 5.16. The first-order valence-corrected chi connectivity index (χ1v) is 7.09. The largest absolute Gasteiger partial charge is 0.469 e. The zero-order valence-electron chi connectivity index (χ0n) is 12.7. The third-order valence-electron chi connectivity index (χ3n) is 3.58. The number of benzene rings is 2. The molecule has 0 heterocycles. The lowest BCUT2D eigenvalue weighted by molar-refractivity contribution is -0.144. The van der Waals surface area contributed by atoms with E-state index in [0.717, 1.165) is 11.3 Å². The molecule has 0 saturated heterocycles. The first-order chi connectivity index (χ1) is 10.1. The van der Waals surface area contributed by atoms with Crippen LogP contribution in [0.2, 0.25) is 0 Å². The van der Waals surface area contributed by atoms with Gasteiger partial charge in [0.15, 0.2) is 0 Å². The van der Waals surface area contributed by atoms with E-state index in [1.807, 2.05) is 26.1 Å². The Morgan fingerprint density at radius 3 is 2.48 bits per heavy atom. The fourth-order valence-electron chi connectivity index (χ4n) is 2.33. The molecule has 1 unspecified atom stereocenters. The number of carbonyl (C=O) groups excluding carboxylic acids is 1. The van der Waals surface area contributed by atoms with Gasteiger partial charge in [0, 0.05) is 12.7 Å². The lowest BCUT2D eigenvalue weighted by atomic mass is 9.98. The maximum Gasteiger partial charge on any atom is 0.308 e. The average molecular weight is 283 g/mol. The van der Waals surface area contributed by atoms with Crippen molar-refractivity contribution < 1.29 is 9.53 Å². The van der Waals surface area contributed by atoms with E-state index in [1.165, 1.54) is 18.2 Å². The minimum atomic E-state index is -0.166. The number of ether oxygens (including phenoxy) is 1. The van der Waals surface area contributed by atoms with Crippen molar-refractivity contribution in [2.24, 2.45) is 5.92 Å². The smallest absolute Gasteiger partial charge is 0.308 e. The number of hydrogen-bond donors (Lipinski definition) is 1. The van der Waals surface area contributed by atoms with Gasteiger partial charge in [-0.3, -0.25) is 4.79 Å². The first kappa shape index (κ1) is 15.1. The number of carbonyl (C=O) groups is 1. The fraction of sp³-hybridized carbons (Fsp3) is 0.278. The Bertz CT molecular complexity index is 605. The van der Waals surface area contributed by atoms with Crippen LogP contribution in [0.4, 0.5) is 5.69 Å². The van der Waals surface area contributed by atoms with Gasteiger partial charge in [0.2, 0.25) is 0 Å². The van der Waals surface area contributed by atoms with Crippen molar-refractivity contribution in [3.63, 3.8) is 0 Å². The van der Waals surface area contributed by atoms with E-state index in [-0.39, 0.29) is 11.9 Å². The Morgan fingerprint density at radius 1 is 1.14 bits per heavy atom. The summed E-state index contributed by atoms with van der Waals surface area (Å²) in [4.78, 5) is 11.4. The molecule has 0 aromatic heterocycles. The normalized spacial score (nSPS) is 11.8. The molecular formula is C18H21NO2. The molecule has 0 aliphatic carbocycles. The summed E-state index contributed by atoms with van der Waals surface area (Å²) in [6.07, 6.45) is 0.698. The topological polar surface area (TPSA) is 38.3 Å². The van der Waals surface area contributed by atoms with Crippen LogP contribution in [0.15, 0.2) is 48.5 Å². The SMILES string of the molecule is CNc1cccc(-c2ccc(CC(C)C(=O)OC)cc2)c1. The molecule has 1 atom stereocenters. The molecule has 0 aliphatic rings. The Hall–Kier alpha value is -2.29. The summed E-state index contributed by atoms with van der Waals surface area (Å²) in [6.45, 7) is 1.89. The number of hydrogen-bond acceptors (Lipinski definition) is 3. The molecule has 0 saturated carbocycles. The highest BCUT2D eigenvalue weighted by molar-refractivity contribution is 5.72. The van der Waals surface area contributed by atoms with Gasteiger partial charge < -0.3 is 10.1 Å². The molecule has 2 aromatic rings. The Morgan fingerprint density at radius 2 is 1.86 bits per heavy atom. The summed E-state index contributed by atoms with van der Waals surface area (Å²) in [7, 11) is 3.34. The lowest BCUT2D eigenvalue weighted by Gasteiger charge is -2.10. The maximum atomic E-state index is 11.4. The van der Waals surface area contributed by atoms with E-state index in [0.29, 0.717) is 6.42 Å². The molecule has 21 heavy (non-hydrogen) atoms. The number of nitrogens with one attached hydrogen (secondary N) is 1. The van der Waals surface area contributed by atoms with Gasteiger partial charge in [0.25, 0.3) is 0 Å². The second kappa shape index (κ2) is 6.93. The van der Waals surface area contributed by atoms with Crippen LogP contribution in [0.5, 0.6) is 0 Å². The minimum absolute atomic E-state index is 0.117. The molecule has 0 fully saturated rings. The molecule has 0 radical (unpaired) electrons. The molecule has 3 nitrogen and oxygen atoms in total. The van der Waals surface area contributed by atoms with Gasteiger partial charge in [-0.05, 0) is 35.2 Å². The molecule has 3 heteroatoms. The van der Waals surface area contributed by atoms with Gasteiger partial charge >= 0.3 is 5.97 Å². The summed E-state index contributed by atoms with van der Waals surface area (Å²) < 4.78 is 4.76. The summed E-state index contributed by atoms with van der Waals surface area (Å²) >= 11 is 0. The highest BCUT2D eigenvalue weighted by Gasteiger charge is 2.13. The van der Waals surface area contributed by atoms with Crippen molar-refractivity contribution in [1.82, 2.24) is 0 Å². The van der Waals surface area contributed by atoms with Crippen molar-refractivity contribution in [2.75, 3.05) is 19.5 Å². The van der Waals surface area contributed by atoms with E-state index in [1.54, 1.807) is 0 Å². The summed E-state index contributed by atoms with van der Waals surface area (Å²) in [5.41, 5.74) is 4.58. The van der Waals surface area contributed by atoms with E-state index in [2.05, 4.69) is 41.7 Å². The molecule has 0 amide bonds. The van der Waals surface area contributed by atoms with Gasteiger partial charge in [0.05, 0.1) is 13.0 Å². The van der Waals surface area contributed by atoms with Crippen LogP contribution in [0, 0.1) is 5.92 Å². The molecule has 0 spiro atoms. The van der Waals surface area contributed by atoms with Gasteiger partial charge in [-0.25, -0.2) is 0 Å². The maximum absolute atomic E-state index is 11.4. The highest BCUT2D eigenvalue weighted by atomic mass is 16.5. The van der Waals surface area contributed by atoms with Crippen LogP contribution in [0.1, 0.15) is 12.5 Å². The van der Waals surface area contributed by atoms with Crippen molar-refractivity contribution in [1.29, 1.82) is 0 Å². The summed E-state index contributed by atoms with van der Waals surface area (Å²) in [5, 5.41) is 3.14. The number of anilines is 1. The van der Waals surface area contributed by atoms with Crippen LogP contribution >= 0.6 is 0 Å². The third-order valence-corrected chi connectivity index (χ3v) is 3.58. The quantitative estimate of drug-likeness (QED) is 0.849. The standard InChI is InChI=1S/C18H21NO2/c1-13(18(20)21-3)11-14-7-9-15(10-8-14)16-5-4-6-17(12-16)19-2/h4-10,12-13,19H,11H2,1-3H3. The van der Waals surface area contributed by atoms with E-state index in [4.69, 9.17) is 4.74 Å². The number of rotatable bonds is 5. The average Bonchev–Trinajstić information content (AvgIpc) is 2.54. The predicted molar refractivity (Wildman–Crippen MR) is 86.3 cm³/mol. The Kier molecular flexibility index (Phi) is 4.99. The second-order valence-electron chi connectivity index (χ2n) is 5.16. The van der Waals surface area contributed by atoms with Crippen LogP contribution in [-0.4, -0.2) is 20.1 Å². The van der Waals surface area contributed by atoms with Crippen LogP contribution < -0.4 is 5.32 Å². The van der Waals surface area contributed by atoms with Crippen LogP contribution in [-0.2, 0) is 16.0 Å². The van der Waals surface area contributed by atoms with Crippen molar-refractivity contribution in [3.8, 4) is 11.1 Å². The highest BCUT2D eigenvalue weighted by Crippen LogP contribution is 2.23. The molecule has 0 bridgehead atoms. The number of esters is 1. The first-order valence-electron chi connectivity index (χ1n) is 7.09. The monoisotopic (exact) mass is 283 g/mol. The van der Waals surface area contributed by atoms with Gasteiger partial charge in [0.1, 0.15) is 0 Å². The van der Waals surface area contributed by atoms with Gasteiger partial charge in [-0.2, -0.15) is 0 Å². The lowest BCUT2D eigenvalue weighted by Crippen LogP contribution is -2.14. The summed E-state index contributed by atoms with van der Waals surface area (Å²) in [6, 6.07) is 16.6. The number of methoxy groups -OCH3 is 1. The minimum Gasteiger partial charge on any atom is -0.469 e. The fourth-order valence-corrected chi connectivity index (χ4v) is 2.33.